The minimum atomic E-state index is 0.286. The third-order valence-electron chi connectivity index (χ3n) is 4.13. The molecular weight excluding hydrogens is 210 g/mol. The van der Waals surface area contributed by atoms with Crippen molar-refractivity contribution in [3.8, 4) is 5.75 Å². The second-order valence-electron chi connectivity index (χ2n) is 5.75. The summed E-state index contributed by atoms with van der Waals surface area (Å²) < 4.78 is 0. The van der Waals surface area contributed by atoms with E-state index in [-0.39, 0.29) is 5.41 Å². The molecule has 1 aliphatic carbocycles. The van der Waals surface area contributed by atoms with Gasteiger partial charge in [-0.15, -0.1) is 0 Å². The third-order valence-corrected chi connectivity index (χ3v) is 4.13. The molecule has 0 saturated heterocycles. The molecule has 1 aromatic rings. The van der Waals surface area contributed by atoms with Gasteiger partial charge in [-0.2, -0.15) is 0 Å². The van der Waals surface area contributed by atoms with Crippen LogP contribution in [0, 0.1) is 11.3 Å². The maximum absolute atomic E-state index is 9.30. The fraction of sp³-hybridized carbons (Fsp3) is 0.600. The summed E-state index contributed by atoms with van der Waals surface area (Å²) in [7, 11) is 0. The second kappa shape index (κ2) is 5.09. The Morgan fingerprint density at radius 3 is 2.65 bits per heavy atom. The van der Waals surface area contributed by atoms with E-state index in [1.165, 1.54) is 31.2 Å². The molecule has 0 radical (unpaired) electrons. The van der Waals surface area contributed by atoms with Gasteiger partial charge in [-0.3, -0.25) is 0 Å². The van der Waals surface area contributed by atoms with Gasteiger partial charge in [0.25, 0.3) is 0 Å². The number of benzene rings is 1. The van der Waals surface area contributed by atoms with Crippen molar-refractivity contribution in [2.45, 2.75) is 39.0 Å². The van der Waals surface area contributed by atoms with Crippen LogP contribution in [0.4, 0.5) is 0 Å². The molecule has 2 nitrogen and oxygen atoms in total. The topological polar surface area (TPSA) is 46.2 Å². The number of nitrogens with two attached hydrogens (primary N) is 1. The van der Waals surface area contributed by atoms with Crippen molar-refractivity contribution in [1.82, 2.24) is 0 Å². The summed E-state index contributed by atoms with van der Waals surface area (Å²) in [6.45, 7) is 3.11. The van der Waals surface area contributed by atoms with Crippen molar-refractivity contribution in [3.05, 3.63) is 29.8 Å². The van der Waals surface area contributed by atoms with E-state index in [9.17, 15) is 5.11 Å². The van der Waals surface area contributed by atoms with Crippen LogP contribution in [0.25, 0.3) is 0 Å². The first-order chi connectivity index (χ1) is 8.13. The first kappa shape index (κ1) is 12.4. The Morgan fingerprint density at radius 1 is 1.35 bits per heavy atom. The van der Waals surface area contributed by atoms with E-state index in [0.29, 0.717) is 5.75 Å². The normalized spacial score (nSPS) is 29.2. The van der Waals surface area contributed by atoms with E-state index in [2.05, 4.69) is 6.92 Å². The Balaban J connectivity index is 2.10. The lowest BCUT2D eigenvalue weighted by molar-refractivity contribution is 0.154. The molecule has 0 bridgehead atoms. The SMILES string of the molecule is CC1CCCC(CN)(Cc2ccc(O)cc2)C1. The standard InChI is InChI=1S/C15H23NO/c1-12-3-2-8-15(9-12,11-16)10-13-4-6-14(17)7-5-13/h4-7,12,17H,2-3,8-11,16H2,1H3. The molecule has 0 heterocycles. The van der Waals surface area contributed by atoms with E-state index in [4.69, 9.17) is 5.73 Å². The predicted octanol–water partition coefficient (Wildman–Crippen LogP) is 3.09. The van der Waals surface area contributed by atoms with Crippen molar-refractivity contribution in [2.24, 2.45) is 17.1 Å². The third kappa shape index (κ3) is 3.01. The quantitative estimate of drug-likeness (QED) is 0.842. The van der Waals surface area contributed by atoms with Crippen LogP contribution in [0.2, 0.25) is 0 Å². The van der Waals surface area contributed by atoms with E-state index < -0.39 is 0 Å². The van der Waals surface area contributed by atoms with Gasteiger partial charge in [0, 0.05) is 0 Å². The fourth-order valence-corrected chi connectivity index (χ4v) is 3.23. The van der Waals surface area contributed by atoms with Crippen LogP contribution in [0.5, 0.6) is 5.75 Å². The highest BCUT2D eigenvalue weighted by Crippen LogP contribution is 2.41. The van der Waals surface area contributed by atoms with Crippen molar-refractivity contribution in [2.75, 3.05) is 6.54 Å². The van der Waals surface area contributed by atoms with Crippen LogP contribution < -0.4 is 5.73 Å². The number of phenolic OH excluding ortho intramolecular Hbond substituents is 1. The predicted molar refractivity (Wildman–Crippen MR) is 70.9 cm³/mol. The van der Waals surface area contributed by atoms with Gasteiger partial charge >= 0.3 is 0 Å². The largest absolute Gasteiger partial charge is 0.508 e. The lowest BCUT2D eigenvalue weighted by Crippen LogP contribution is -2.37. The molecule has 1 saturated carbocycles. The fourth-order valence-electron chi connectivity index (χ4n) is 3.23. The van der Waals surface area contributed by atoms with Gasteiger partial charge in [0.05, 0.1) is 0 Å². The Labute approximate surface area is 104 Å². The van der Waals surface area contributed by atoms with Crippen LogP contribution >= 0.6 is 0 Å². The zero-order valence-corrected chi connectivity index (χ0v) is 10.7. The molecule has 0 aromatic heterocycles. The lowest BCUT2D eigenvalue weighted by atomic mass is 9.67. The summed E-state index contributed by atoms with van der Waals surface area (Å²) >= 11 is 0. The Hall–Kier alpha value is -1.02. The van der Waals surface area contributed by atoms with Crippen molar-refractivity contribution < 1.29 is 5.11 Å². The van der Waals surface area contributed by atoms with Gasteiger partial charge in [-0.05, 0) is 54.8 Å². The summed E-state index contributed by atoms with van der Waals surface area (Å²) in [5.74, 6) is 1.14. The van der Waals surface area contributed by atoms with Gasteiger partial charge in [-0.1, -0.05) is 31.9 Å². The van der Waals surface area contributed by atoms with Crippen molar-refractivity contribution in [1.29, 1.82) is 0 Å². The minimum Gasteiger partial charge on any atom is -0.508 e. The van der Waals surface area contributed by atoms with E-state index in [0.717, 1.165) is 18.9 Å². The summed E-state index contributed by atoms with van der Waals surface area (Å²) in [5, 5.41) is 9.30. The van der Waals surface area contributed by atoms with Gasteiger partial charge in [-0.25, -0.2) is 0 Å². The molecule has 0 amide bonds. The van der Waals surface area contributed by atoms with Crippen LogP contribution in [0.1, 0.15) is 38.2 Å². The number of hydrogen-bond acceptors (Lipinski definition) is 2. The average molecular weight is 233 g/mol. The zero-order chi connectivity index (χ0) is 12.3. The summed E-state index contributed by atoms with van der Waals surface area (Å²) in [4.78, 5) is 0. The van der Waals surface area contributed by atoms with E-state index >= 15 is 0 Å². The van der Waals surface area contributed by atoms with Crippen LogP contribution in [0.3, 0.4) is 0 Å². The van der Waals surface area contributed by atoms with E-state index in [1.807, 2.05) is 12.1 Å². The van der Waals surface area contributed by atoms with Gasteiger partial charge in [0.15, 0.2) is 0 Å². The summed E-state index contributed by atoms with van der Waals surface area (Å²) in [6, 6.07) is 7.58. The Morgan fingerprint density at radius 2 is 2.06 bits per heavy atom. The monoisotopic (exact) mass is 233 g/mol. The highest BCUT2D eigenvalue weighted by Gasteiger charge is 2.33. The maximum Gasteiger partial charge on any atom is 0.115 e. The van der Waals surface area contributed by atoms with Gasteiger partial charge in [0.2, 0.25) is 0 Å². The molecular formula is C15H23NO. The summed E-state index contributed by atoms with van der Waals surface area (Å²) in [5.41, 5.74) is 7.61. The number of aromatic hydroxyl groups is 1. The highest BCUT2D eigenvalue weighted by molar-refractivity contribution is 5.26. The van der Waals surface area contributed by atoms with E-state index in [1.54, 1.807) is 12.1 Å². The first-order valence-corrected chi connectivity index (χ1v) is 6.61. The van der Waals surface area contributed by atoms with Gasteiger partial charge < -0.3 is 10.8 Å². The molecule has 1 aromatic carbocycles. The first-order valence-electron chi connectivity index (χ1n) is 6.61. The molecule has 0 aliphatic heterocycles. The Bertz CT molecular complexity index is 360. The zero-order valence-electron chi connectivity index (χ0n) is 10.7. The average Bonchev–Trinajstić information content (AvgIpc) is 2.32. The molecule has 1 aliphatic rings. The summed E-state index contributed by atoms with van der Waals surface area (Å²) in [6.07, 6.45) is 6.18. The molecule has 2 atom stereocenters. The van der Waals surface area contributed by atoms with Crippen LogP contribution in [0.15, 0.2) is 24.3 Å². The molecule has 1 fully saturated rings. The smallest absolute Gasteiger partial charge is 0.115 e. The molecule has 17 heavy (non-hydrogen) atoms. The lowest BCUT2D eigenvalue weighted by Gasteiger charge is -2.39. The molecule has 0 spiro atoms. The van der Waals surface area contributed by atoms with Crippen LogP contribution in [-0.2, 0) is 6.42 Å². The number of hydrogen-bond donors (Lipinski definition) is 2. The molecule has 94 valence electrons. The maximum atomic E-state index is 9.30. The Kier molecular flexibility index (Phi) is 3.72. The van der Waals surface area contributed by atoms with Crippen LogP contribution in [-0.4, -0.2) is 11.7 Å². The highest BCUT2D eigenvalue weighted by atomic mass is 16.3. The number of phenols is 1. The van der Waals surface area contributed by atoms with Crippen molar-refractivity contribution in [3.63, 3.8) is 0 Å². The number of rotatable bonds is 3. The van der Waals surface area contributed by atoms with Gasteiger partial charge in [0.1, 0.15) is 5.75 Å². The molecule has 3 N–H and O–H groups in total. The second-order valence-corrected chi connectivity index (χ2v) is 5.75. The molecule has 2 unspecified atom stereocenters. The van der Waals surface area contributed by atoms with Crippen molar-refractivity contribution >= 4 is 0 Å². The minimum absolute atomic E-state index is 0.286. The molecule has 2 rings (SSSR count). The molecule has 2 heteroatoms.